The number of nitrogens with one attached hydrogen (secondary N) is 1. The van der Waals surface area contributed by atoms with E-state index in [1.54, 1.807) is 0 Å². The van der Waals surface area contributed by atoms with Crippen molar-refractivity contribution in [2.24, 2.45) is 5.41 Å². The van der Waals surface area contributed by atoms with E-state index in [4.69, 9.17) is 4.74 Å². The first kappa shape index (κ1) is 17.7. The Morgan fingerprint density at radius 2 is 1.89 bits per heavy atom. The first-order valence-electron chi connectivity index (χ1n) is 7.32. The molecule has 0 aliphatic carbocycles. The number of rotatable bonds is 9. The standard InChI is InChI=1S/C16H33NO/c1-8-12-17-14(11-10-13(3)4)15(18-9-2)16(5,6)7/h14-15,17H,3,8-12H2,1-2,4-7H3. The first-order valence-corrected chi connectivity index (χ1v) is 7.32. The van der Waals surface area contributed by atoms with Crippen LogP contribution in [0.15, 0.2) is 12.2 Å². The summed E-state index contributed by atoms with van der Waals surface area (Å²) < 4.78 is 6.01. The van der Waals surface area contributed by atoms with E-state index >= 15 is 0 Å². The summed E-state index contributed by atoms with van der Waals surface area (Å²) in [5.41, 5.74) is 1.42. The minimum absolute atomic E-state index is 0.163. The van der Waals surface area contributed by atoms with Crippen LogP contribution in [0.3, 0.4) is 0 Å². The van der Waals surface area contributed by atoms with Gasteiger partial charge in [0.2, 0.25) is 0 Å². The van der Waals surface area contributed by atoms with Crippen LogP contribution in [-0.4, -0.2) is 25.3 Å². The fraction of sp³-hybridized carbons (Fsp3) is 0.875. The third-order valence-corrected chi connectivity index (χ3v) is 3.10. The van der Waals surface area contributed by atoms with E-state index in [1.807, 2.05) is 0 Å². The minimum atomic E-state index is 0.163. The van der Waals surface area contributed by atoms with Gasteiger partial charge in [-0.15, -0.1) is 6.58 Å². The molecule has 0 amide bonds. The van der Waals surface area contributed by atoms with E-state index in [9.17, 15) is 0 Å². The van der Waals surface area contributed by atoms with Crippen molar-refractivity contribution in [2.45, 2.75) is 73.0 Å². The first-order chi connectivity index (χ1) is 8.32. The van der Waals surface area contributed by atoms with Gasteiger partial charge in [-0.2, -0.15) is 0 Å². The highest BCUT2D eigenvalue weighted by Gasteiger charge is 2.32. The predicted molar refractivity (Wildman–Crippen MR) is 81.0 cm³/mol. The van der Waals surface area contributed by atoms with Crippen LogP contribution in [0.2, 0.25) is 0 Å². The Morgan fingerprint density at radius 3 is 2.28 bits per heavy atom. The third kappa shape index (κ3) is 7.17. The highest BCUT2D eigenvalue weighted by Crippen LogP contribution is 2.27. The lowest BCUT2D eigenvalue weighted by Gasteiger charge is -2.37. The van der Waals surface area contributed by atoms with Gasteiger partial charge < -0.3 is 10.1 Å². The summed E-state index contributed by atoms with van der Waals surface area (Å²) in [5.74, 6) is 0. The maximum atomic E-state index is 6.01. The summed E-state index contributed by atoms with van der Waals surface area (Å²) in [4.78, 5) is 0. The Hall–Kier alpha value is -0.340. The largest absolute Gasteiger partial charge is 0.376 e. The molecule has 0 aromatic heterocycles. The summed E-state index contributed by atoms with van der Waals surface area (Å²) in [6.45, 7) is 19.0. The lowest BCUT2D eigenvalue weighted by Crippen LogP contribution is -2.48. The van der Waals surface area contributed by atoms with Gasteiger partial charge in [-0.25, -0.2) is 0 Å². The van der Waals surface area contributed by atoms with Crippen molar-refractivity contribution in [3.8, 4) is 0 Å². The Morgan fingerprint density at radius 1 is 1.28 bits per heavy atom. The van der Waals surface area contributed by atoms with Gasteiger partial charge in [0.15, 0.2) is 0 Å². The second-order valence-corrected chi connectivity index (χ2v) is 6.30. The Bertz CT molecular complexity index is 230. The maximum Gasteiger partial charge on any atom is 0.0776 e. The van der Waals surface area contributed by atoms with Crippen LogP contribution < -0.4 is 5.32 Å². The summed E-state index contributed by atoms with van der Waals surface area (Å²) in [6, 6.07) is 0.418. The molecule has 0 fully saturated rings. The van der Waals surface area contributed by atoms with E-state index in [0.717, 1.165) is 32.4 Å². The van der Waals surface area contributed by atoms with Crippen LogP contribution in [0.1, 0.15) is 60.8 Å². The molecule has 0 bridgehead atoms. The predicted octanol–water partition coefficient (Wildman–Crippen LogP) is 4.16. The summed E-state index contributed by atoms with van der Waals surface area (Å²) in [7, 11) is 0. The number of allylic oxidation sites excluding steroid dienone is 1. The minimum Gasteiger partial charge on any atom is -0.376 e. The Balaban J connectivity index is 4.68. The molecule has 18 heavy (non-hydrogen) atoms. The molecule has 1 N–H and O–H groups in total. The SMILES string of the molecule is C=C(C)CCC(NCCC)C(OCC)C(C)(C)C. The zero-order chi connectivity index (χ0) is 14.2. The van der Waals surface area contributed by atoms with Crippen LogP contribution >= 0.6 is 0 Å². The van der Waals surface area contributed by atoms with Gasteiger partial charge in [0.05, 0.1) is 6.10 Å². The van der Waals surface area contributed by atoms with Gasteiger partial charge in [-0.05, 0) is 45.1 Å². The van der Waals surface area contributed by atoms with Crippen LogP contribution in [-0.2, 0) is 4.74 Å². The van der Waals surface area contributed by atoms with Gasteiger partial charge in [-0.1, -0.05) is 33.3 Å². The van der Waals surface area contributed by atoms with Gasteiger partial charge >= 0.3 is 0 Å². The van der Waals surface area contributed by atoms with E-state index in [0.29, 0.717) is 6.04 Å². The molecule has 2 nitrogen and oxygen atoms in total. The average molecular weight is 255 g/mol. The molecule has 108 valence electrons. The van der Waals surface area contributed by atoms with Crippen LogP contribution in [0.25, 0.3) is 0 Å². The Kier molecular flexibility index (Phi) is 8.54. The van der Waals surface area contributed by atoms with Crippen LogP contribution in [0.4, 0.5) is 0 Å². The van der Waals surface area contributed by atoms with E-state index in [2.05, 4.69) is 53.4 Å². The highest BCUT2D eigenvalue weighted by molar-refractivity contribution is 4.93. The number of hydrogen-bond acceptors (Lipinski definition) is 2. The van der Waals surface area contributed by atoms with Gasteiger partial charge in [0.1, 0.15) is 0 Å². The van der Waals surface area contributed by atoms with Crippen molar-refractivity contribution in [1.82, 2.24) is 5.32 Å². The van der Waals surface area contributed by atoms with Crippen molar-refractivity contribution < 1.29 is 4.74 Å². The molecule has 0 aliphatic rings. The molecular formula is C16H33NO. The van der Waals surface area contributed by atoms with Crippen molar-refractivity contribution >= 4 is 0 Å². The molecule has 0 aromatic carbocycles. The zero-order valence-electron chi connectivity index (χ0n) is 13.3. The lowest BCUT2D eigenvalue weighted by atomic mass is 9.82. The molecule has 0 heterocycles. The highest BCUT2D eigenvalue weighted by atomic mass is 16.5. The summed E-state index contributed by atoms with van der Waals surface area (Å²) >= 11 is 0. The van der Waals surface area contributed by atoms with Crippen molar-refractivity contribution in [3.63, 3.8) is 0 Å². The molecule has 2 heteroatoms. The van der Waals surface area contributed by atoms with Crippen LogP contribution in [0, 0.1) is 5.41 Å². The number of hydrogen-bond donors (Lipinski definition) is 1. The second-order valence-electron chi connectivity index (χ2n) is 6.30. The molecule has 0 saturated carbocycles. The fourth-order valence-corrected chi connectivity index (χ4v) is 2.24. The second kappa shape index (κ2) is 8.71. The molecule has 0 aliphatic heterocycles. The van der Waals surface area contributed by atoms with Crippen molar-refractivity contribution in [1.29, 1.82) is 0 Å². The average Bonchev–Trinajstić information content (AvgIpc) is 2.25. The molecule has 0 radical (unpaired) electrons. The molecular weight excluding hydrogens is 222 g/mol. The summed E-state index contributed by atoms with van der Waals surface area (Å²) in [6.07, 6.45) is 3.60. The van der Waals surface area contributed by atoms with E-state index in [1.165, 1.54) is 5.57 Å². The topological polar surface area (TPSA) is 21.3 Å². The lowest BCUT2D eigenvalue weighted by molar-refractivity contribution is -0.0372. The van der Waals surface area contributed by atoms with Crippen molar-refractivity contribution in [3.05, 3.63) is 12.2 Å². The van der Waals surface area contributed by atoms with E-state index < -0.39 is 0 Å². The monoisotopic (exact) mass is 255 g/mol. The molecule has 2 atom stereocenters. The molecule has 0 aromatic rings. The quantitative estimate of drug-likeness (QED) is 0.625. The maximum absolute atomic E-state index is 6.01. The molecule has 0 spiro atoms. The molecule has 0 rings (SSSR count). The third-order valence-electron chi connectivity index (χ3n) is 3.10. The van der Waals surface area contributed by atoms with Gasteiger partial charge in [0, 0.05) is 12.6 Å². The smallest absolute Gasteiger partial charge is 0.0776 e. The molecule has 0 saturated heterocycles. The van der Waals surface area contributed by atoms with Gasteiger partial charge in [0.25, 0.3) is 0 Å². The van der Waals surface area contributed by atoms with Gasteiger partial charge in [-0.3, -0.25) is 0 Å². The van der Waals surface area contributed by atoms with Crippen LogP contribution in [0.5, 0.6) is 0 Å². The van der Waals surface area contributed by atoms with Crippen molar-refractivity contribution in [2.75, 3.05) is 13.2 Å². The van der Waals surface area contributed by atoms with E-state index in [-0.39, 0.29) is 11.5 Å². The summed E-state index contributed by atoms with van der Waals surface area (Å²) in [5, 5.41) is 3.65. The zero-order valence-corrected chi connectivity index (χ0v) is 13.3. The normalized spacial score (nSPS) is 15.4. The number of ether oxygens (including phenoxy) is 1. The fourth-order valence-electron chi connectivity index (χ4n) is 2.24. The molecule has 2 unspecified atom stereocenters. The Labute approximate surface area is 114 Å².